The first-order chi connectivity index (χ1) is 14.8. The number of hydrogen-bond donors (Lipinski definition) is 2. The number of rotatable bonds is 6. The minimum atomic E-state index is -2.40. The second-order valence-corrected chi connectivity index (χ2v) is 7.87. The number of aryl methyl sites for hydroxylation is 3. The molecule has 160 valence electrons. The minimum Gasteiger partial charge on any atom is -0.755 e. The van der Waals surface area contributed by atoms with Gasteiger partial charge in [-0.05, 0) is 55.8 Å². The van der Waals surface area contributed by atoms with Crippen molar-refractivity contribution in [3.05, 3.63) is 59.9 Å². The van der Waals surface area contributed by atoms with Gasteiger partial charge in [-0.2, -0.15) is 10.1 Å². The van der Waals surface area contributed by atoms with Crippen molar-refractivity contribution in [3.63, 3.8) is 0 Å². The first-order valence-electron chi connectivity index (χ1n) is 9.55. The van der Waals surface area contributed by atoms with E-state index >= 15 is 0 Å². The lowest BCUT2D eigenvalue weighted by Crippen LogP contribution is -2.12. The van der Waals surface area contributed by atoms with Crippen LogP contribution < -0.4 is 14.9 Å². The molecule has 10 heteroatoms. The van der Waals surface area contributed by atoms with Crippen LogP contribution in [0.3, 0.4) is 0 Å². The summed E-state index contributed by atoms with van der Waals surface area (Å²) in [5.41, 5.74) is 4.96. The minimum absolute atomic E-state index is 0.400. The number of nitrogens with zero attached hydrogens (tertiary/aromatic N) is 5. The van der Waals surface area contributed by atoms with E-state index in [1.807, 2.05) is 67.9 Å². The molecule has 31 heavy (non-hydrogen) atoms. The zero-order chi connectivity index (χ0) is 22.1. The number of hydrogen-bond acceptors (Lipinski definition) is 7. The van der Waals surface area contributed by atoms with Crippen molar-refractivity contribution in [3.8, 4) is 0 Å². The standard InChI is InChI=1S/C21H23N7O2S/c1-13-5-6-15(11-18(13)26-31(29)30)23-21-22-10-9-20(24-21)27(3)16-7-8-17-14(2)28(4)25-19(17)12-16/h5-12,26H,1-4H3,(H,29,30)(H,22,23,24)/p-1. The van der Waals surface area contributed by atoms with Crippen LogP contribution >= 0.6 is 0 Å². The molecule has 0 fully saturated rings. The van der Waals surface area contributed by atoms with Gasteiger partial charge in [-0.1, -0.05) is 6.07 Å². The number of aromatic nitrogens is 4. The average Bonchev–Trinajstić information content (AvgIpc) is 3.03. The smallest absolute Gasteiger partial charge is 0.229 e. The highest BCUT2D eigenvalue weighted by Crippen LogP contribution is 2.28. The van der Waals surface area contributed by atoms with Crippen LogP contribution in [0.5, 0.6) is 0 Å². The molecule has 1 atom stereocenters. The third kappa shape index (κ3) is 4.35. The number of benzene rings is 2. The van der Waals surface area contributed by atoms with Crippen LogP contribution in [0.4, 0.5) is 28.8 Å². The van der Waals surface area contributed by atoms with Gasteiger partial charge in [0.2, 0.25) is 5.95 Å². The largest absolute Gasteiger partial charge is 0.755 e. The van der Waals surface area contributed by atoms with Crippen LogP contribution in [0.1, 0.15) is 11.3 Å². The third-order valence-electron chi connectivity index (χ3n) is 5.17. The van der Waals surface area contributed by atoms with E-state index in [0.29, 0.717) is 23.1 Å². The van der Waals surface area contributed by atoms with Gasteiger partial charge in [0.25, 0.3) is 0 Å². The van der Waals surface area contributed by atoms with E-state index in [1.165, 1.54) is 0 Å². The molecule has 2 N–H and O–H groups in total. The maximum Gasteiger partial charge on any atom is 0.229 e. The molecule has 0 radical (unpaired) electrons. The highest BCUT2D eigenvalue weighted by molar-refractivity contribution is 7.80. The average molecular weight is 437 g/mol. The molecule has 0 saturated heterocycles. The van der Waals surface area contributed by atoms with Crippen LogP contribution in [-0.2, 0) is 18.3 Å². The van der Waals surface area contributed by atoms with Crippen LogP contribution in [0.15, 0.2) is 48.7 Å². The lowest BCUT2D eigenvalue weighted by molar-refractivity contribution is 0.542. The summed E-state index contributed by atoms with van der Waals surface area (Å²) in [6.07, 6.45) is 1.67. The Hall–Kier alpha value is -3.50. The van der Waals surface area contributed by atoms with Gasteiger partial charge in [0, 0.05) is 54.0 Å². The van der Waals surface area contributed by atoms with Crippen LogP contribution in [0.2, 0.25) is 0 Å². The van der Waals surface area contributed by atoms with Gasteiger partial charge in [0.1, 0.15) is 5.82 Å². The van der Waals surface area contributed by atoms with Crippen molar-refractivity contribution in [2.45, 2.75) is 13.8 Å². The SMILES string of the molecule is Cc1ccc(Nc2nccc(N(C)c3ccc4c(C)n(C)nc4c3)n2)cc1NS(=O)[O-]. The van der Waals surface area contributed by atoms with Crippen LogP contribution in [0, 0.1) is 13.8 Å². The second kappa shape index (κ2) is 8.32. The number of fused-ring (bicyclic) bond motifs is 1. The Labute approximate surface area is 182 Å². The van der Waals surface area contributed by atoms with Gasteiger partial charge >= 0.3 is 0 Å². The van der Waals surface area contributed by atoms with Crippen LogP contribution in [-0.4, -0.2) is 35.6 Å². The summed E-state index contributed by atoms with van der Waals surface area (Å²) in [7, 11) is 3.86. The molecule has 1 unspecified atom stereocenters. The van der Waals surface area contributed by atoms with Crippen molar-refractivity contribution in [2.75, 3.05) is 22.0 Å². The topological polar surface area (TPSA) is 111 Å². The molecular weight excluding hydrogens is 414 g/mol. The van der Waals surface area contributed by atoms with E-state index in [1.54, 1.807) is 12.3 Å². The zero-order valence-corrected chi connectivity index (χ0v) is 18.4. The highest BCUT2D eigenvalue weighted by atomic mass is 32.2. The fourth-order valence-electron chi connectivity index (χ4n) is 3.29. The third-order valence-corrected chi connectivity index (χ3v) is 5.56. The molecule has 0 amide bonds. The van der Waals surface area contributed by atoms with E-state index in [4.69, 9.17) is 0 Å². The zero-order valence-electron chi connectivity index (χ0n) is 17.6. The number of nitrogens with one attached hydrogen (secondary N) is 2. The fourth-order valence-corrected chi connectivity index (χ4v) is 3.68. The normalized spacial score (nSPS) is 12.0. The molecule has 2 aromatic carbocycles. The molecule has 0 spiro atoms. The summed E-state index contributed by atoms with van der Waals surface area (Å²) in [6.45, 7) is 3.87. The Morgan fingerprint density at radius 3 is 2.71 bits per heavy atom. The predicted molar refractivity (Wildman–Crippen MR) is 123 cm³/mol. The summed E-state index contributed by atoms with van der Waals surface area (Å²) in [5, 5.41) is 8.80. The van der Waals surface area contributed by atoms with Crippen molar-refractivity contribution in [1.29, 1.82) is 0 Å². The van der Waals surface area contributed by atoms with Gasteiger partial charge in [-0.3, -0.25) is 8.89 Å². The molecule has 2 heterocycles. The van der Waals surface area contributed by atoms with E-state index in [0.717, 1.165) is 27.8 Å². The summed E-state index contributed by atoms with van der Waals surface area (Å²) >= 11 is -2.40. The first-order valence-corrected chi connectivity index (χ1v) is 10.6. The predicted octanol–water partition coefficient (Wildman–Crippen LogP) is 3.70. The second-order valence-electron chi connectivity index (χ2n) is 7.20. The van der Waals surface area contributed by atoms with E-state index in [-0.39, 0.29) is 0 Å². The Bertz CT molecular complexity index is 1290. The van der Waals surface area contributed by atoms with Crippen LogP contribution in [0.25, 0.3) is 10.9 Å². The summed E-state index contributed by atoms with van der Waals surface area (Å²) < 4.78 is 26.2. The summed E-state index contributed by atoms with van der Waals surface area (Å²) in [6, 6.07) is 13.3. The van der Waals surface area contributed by atoms with Crippen molar-refractivity contribution < 1.29 is 8.76 Å². The summed E-state index contributed by atoms with van der Waals surface area (Å²) in [4.78, 5) is 10.8. The lowest BCUT2D eigenvalue weighted by atomic mass is 10.2. The quantitative estimate of drug-likeness (QED) is 0.443. The number of anilines is 5. The molecule has 0 aliphatic heterocycles. The fraction of sp³-hybridized carbons (Fsp3) is 0.190. The maximum atomic E-state index is 11.0. The van der Waals surface area contributed by atoms with E-state index in [2.05, 4.69) is 31.2 Å². The molecule has 4 rings (SSSR count). The van der Waals surface area contributed by atoms with Gasteiger partial charge in [0.05, 0.1) is 11.2 Å². The molecule has 0 aliphatic rings. The molecule has 0 saturated carbocycles. The van der Waals surface area contributed by atoms with Crippen molar-refractivity contribution >= 4 is 51.0 Å². The highest BCUT2D eigenvalue weighted by Gasteiger charge is 2.11. The molecule has 9 nitrogen and oxygen atoms in total. The maximum absolute atomic E-state index is 11.0. The Morgan fingerprint density at radius 1 is 1.13 bits per heavy atom. The van der Waals surface area contributed by atoms with Gasteiger partial charge in [-0.25, -0.2) is 4.98 Å². The Balaban J connectivity index is 1.59. The monoisotopic (exact) mass is 436 g/mol. The molecule has 0 aliphatic carbocycles. The summed E-state index contributed by atoms with van der Waals surface area (Å²) in [5.74, 6) is 1.10. The molecule has 2 aromatic heterocycles. The van der Waals surface area contributed by atoms with E-state index in [9.17, 15) is 8.76 Å². The Kier molecular flexibility index (Phi) is 5.57. The van der Waals surface area contributed by atoms with Crippen molar-refractivity contribution in [1.82, 2.24) is 19.7 Å². The van der Waals surface area contributed by atoms with Crippen molar-refractivity contribution in [2.24, 2.45) is 7.05 Å². The Morgan fingerprint density at radius 2 is 1.94 bits per heavy atom. The molecular formula is C21H22N7O2S-. The van der Waals surface area contributed by atoms with Gasteiger partial charge < -0.3 is 19.5 Å². The molecule has 0 bridgehead atoms. The van der Waals surface area contributed by atoms with Gasteiger partial charge in [-0.15, -0.1) is 0 Å². The molecule has 4 aromatic rings. The first kappa shape index (κ1) is 20.8. The van der Waals surface area contributed by atoms with Gasteiger partial charge in [0.15, 0.2) is 0 Å². The van der Waals surface area contributed by atoms with E-state index < -0.39 is 11.3 Å². The lowest BCUT2D eigenvalue weighted by Gasteiger charge is -2.19.